The van der Waals surface area contributed by atoms with E-state index in [1.165, 1.54) is 18.0 Å². The van der Waals surface area contributed by atoms with Crippen LogP contribution in [0.4, 0.5) is 0 Å². The number of phenols is 1. The Labute approximate surface area is 192 Å². The third kappa shape index (κ3) is 5.97. The predicted molar refractivity (Wildman–Crippen MR) is 131 cm³/mol. The minimum absolute atomic E-state index is 0. The number of aromatic nitrogens is 1. The molecule has 1 N–H and O–H groups in total. The number of nitrogens with zero attached hydrogens (tertiary/aromatic N) is 3. The van der Waals surface area contributed by atoms with Gasteiger partial charge in [-0.2, -0.15) is 0 Å². The van der Waals surface area contributed by atoms with Crippen LogP contribution in [0, 0.1) is 0 Å². The molecule has 2 heterocycles. The molecule has 1 saturated heterocycles. The molecule has 3 rings (SSSR count). The Morgan fingerprint density at radius 2 is 1.57 bits per heavy atom. The molecule has 1 aromatic carbocycles. The van der Waals surface area contributed by atoms with Gasteiger partial charge in [0.1, 0.15) is 10.8 Å². The highest BCUT2D eigenvalue weighted by Crippen LogP contribution is 2.42. The molecular weight excluding hydrogens is 414 g/mol. The fourth-order valence-electron chi connectivity index (χ4n) is 3.89. The van der Waals surface area contributed by atoms with Gasteiger partial charge in [0.15, 0.2) is 0 Å². The van der Waals surface area contributed by atoms with Crippen molar-refractivity contribution in [2.24, 2.45) is 0 Å². The fourth-order valence-corrected chi connectivity index (χ4v) is 4.74. The largest absolute Gasteiger partial charge is 0.507 e. The smallest absolute Gasteiger partial charge is 0.123 e. The van der Waals surface area contributed by atoms with Crippen molar-refractivity contribution < 1.29 is 5.11 Å². The van der Waals surface area contributed by atoms with E-state index in [9.17, 15) is 5.11 Å². The van der Waals surface area contributed by atoms with E-state index in [0.29, 0.717) is 5.75 Å². The van der Waals surface area contributed by atoms with E-state index in [1.807, 2.05) is 0 Å². The molecule has 0 aliphatic carbocycles. The summed E-state index contributed by atoms with van der Waals surface area (Å²) >= 11 is 1.75. The van der Waals surface area contributed by atoms with E-state index in [4.69, 9.17) is 4.98 Å². The first kappa shape index (κ1) is 25.1. The van der Waals surface area contributed by atoms with E-state index < -0.39 is 0 Å². The van der Waals surface area contributed by atoms with E-state index in [0.717, 1.165) is 48.6 Å². The van der Waals surface area contributed by atoms with Crippen molar-refractivity contribution in [3.05, 3.63) is 33.6 Å². The Balaban J connectivity index is 0.00000320. The highest BCUT2D eigenvalue weighted by molar-refractivity contribution is 7.09. The van der Waals surface area contributed by atoms with Crippen LogP contribution in [0.5, 0.6) is 5.75 Å². The van der Waals surface area contributed by atoms with Gasteiger partial charge < -0.3 is 10.0 Å². The van der Waals surface area contributed by atoms with Gasteiger partial charge >= 0.3 is 0 Å². The molecule has 0 saturated carbocycles. The lowest BCUT2D eigenvalue weighted by Gasteiger charge is -2.28. The molecule has 0 bridgehead atoms. The van der Waals surface area contributed by atoms with Gasteiger partial charge in [-0.25, -0.2) is 4.98 Å². The van der Waals surface area contributed by atoms with Gasteiger partial charge in [0.2, 0.25) is 0 Å². The minimum Gasteiger partial charge on any atom is -0.507 e. The van der Waals surface area contributed by atoms with Crippen LogP contribution >= 0.6 is 23.7 Å². The topological polar surface area (TPSA) is 39.6 Å². The molecular formula is C24H38ClN3OS. The number of hydrogen-bond acceptors (Lipinski definition) is 5. The van der Waals surface area contributed by atoms with Crippen LogP contribution in [0.1, 0.15) is 64.1 Å². The van der Waals surface area contributed by atoms with Crippen LogP contribution in [0.25, 0.3) is 11.3 Å². The van der Waals surface area contributed by atoms with Gasteiger partial charge in [-0.05, 0) is 49.5 Å². The number of rotatable bonds is 3. The zero-order valence-corrected chi connectivity index (χ0v) is 21.2. The number of hydrogen-bond donors (Lipinski definition) is 1. The van der Waals surface area contributed by atoms with E-state index in [-0.39, 0.29) is 23.2 Å². The number of thiazole rings is 1. The lowest BCUT2D eigenvalue weighted by molar-refractivity contribution is 0.269. The maximum atomic E-state index is 11.0. The van der Waals surface area contributed by atoms with Crippen molar-refractivity contribution in [2.45, 2.75) is 65.3 Å². The summed E-state index contributed by atoms with van der Waals surface area (Å²) < 4.78 is 0. The first-order valence-electron chi connectivity index (χ1n) is 10.7. The summed E-state index contributed by atoms with van der Waals surface area (Å²) in [5, 5.41) is 14.3. The summed E-state index contributed by atoms with van der Waals surface area (Å²) in [6.07, 6.45) is 1.22. The van der Waals surface area contributed by atoms with Crippen LogP contribution in [0.15, 0.2) is 17.5 Å². The molecule has 30 heavy (non-hydrogen) atoms. The molecule has 168 valence electrons. The van der Waals surface area contributed by atoms with Crippen molar-refractivity contribution in [1.29, 1.82) is 0 Å². The Kier molecular flexibility index (Phi) is 8.00. The van der Waals surface area contributed by atoms with Crippen LogP contribution < -0.4 is 0 Å². The van der Waals surface area contributed by atoms with E-state index >= 15 is 0 Å². The zero-order chi connectivity index (χ0) is 21.4. The number of phenolic OH excluding ortho intramolecular Hbond substituents is 1. The molecule has 1 aliphatic heterocycles. The highest BCUT2D eigenvalue weighted by atomic mass is 35.5. The highest BCUT2D eigenvalue weighted by Gasteiger charge is 2.27. The second-order valence-corrected chi connectivity index (χ2v) is 11.4. The molecule has 0 atom stereocenters. The number of benzene rings is 1. The summed E-state index contributed by atoms with van der Waals surface area (Å²) in [6.45, 7) is 18.4. The quantitative estimate of drug-likeness (QED) is 0.652. The average molecular weight is 452 g/mol. The SMILES string of the molecule is CN1CCCN(Cc2nc(-c3cc(C(C)(C)C)c(O)c(C(C)(C)C)c3)cs2)CC1.Cl. The van der Waals surface area contributed by atoms with E-state index in [2.05, 4.69) is 75.9 Å². The molecule has 1 fully saturated rings. The molecule has 4 nitrogen and oxygen atoms in total. The third-order valence-electron chi connectivity index (χ3n) is 5.74. The van der Waals surface area contributed by atoms with E-state index in [1.54, 1.807) is 11.3 Å². The van der Waals surface area contributed by atoms with Gasteiger partial charge in [-0.15, -0.1) is 23.7 Å². The van der Waals surface area contributed by atoms with Gasteiger partial charge in [-0.3, -0.25) is 4.90 Å². The molecule has 0 amide bonds. The summed E-state index contributed by atoms with van der Waals surface area (Å²) in [7, 11) is 2.20. The molecule has 6 heteroatoms. The Morgan fingerprint density at radius 1 is 0.967 bits per heavy atom. The van der Waals surface area contributed by atoms with Crippen LogP contribution in [0.3, 0.4) is 0 Å². The molecule has 0 unspecified atom stereocenters. The maximum absolute atomic E-state index is 11.0. The first-order valence-corrected chi connectivity index (χ1v) is 11.6. The normalized spacial score (nSPS) is 16.9. The Morgan fingerprint density at radius 3 is 2.13 bits per heavy atom. The Bertz CT molecular complexity index is 816. The van der Waals surface area contributed by atoms with Crippen molar-refractivity contribution >= 4 is 23.7 Å². The van der Waals surface area contributed by atoms with Crippen molar-refractivity contribution in [1.82, 2.24) is 14.8 Å². The summed E-state index contributed by atoms with van der Waals surface area (Å²) in [4.78, 5) is 9.91. The Hall–Kier alpha value is -1.14. The average Bonchev–Trinajstić information content (AvgIpc) is 2.96. The number of halogens is 1. The molecule has 0 spiro atoms. The molecule has 2 aromatic rings. The van der Waals surface area contributed by atoms with Crippen molar-refractivity contribution in [3.8, 4) is 17.0 Å². The molecule has 1 aliphatic rings. The molecule has 0 radical (unpaired) electrons. The summed E-state index contributed by atoms with van der Waals surface area (Å²) in [5.41, 5.74) is 3.85. The zero-order valence-electron chi connectivity index (χ0n) is 19.6. The maximum Gasteiger partial charge on any atom is 0.123 e. The monoisotopic (exact) mass is 451 g/mol. The van der Waals surface area contributed by atoms with Crippen LogP contribution in [-0.2, 0) is 17.4 Å². The lowest BCUT2D eigenvalue weighted by Crippen LogP contribution is -2.28. The second kappa shape index (κ2) is 9.56. The lowest BCUT2D eigenvalue weighted by atomic mass is 9.78. The third-order valence-corrected chi connectivity index (χ3v) is 6.58. The van der Waals surface area contributed by atoms with Gasteiger partial charge in [0, 0.05) is 35.2 Å². The minimum atomic E-state index is -0.128. The molecule has 1 aromatic heterocycles. The standard InChI is InChI=1S/C24H37N3OS.ClH/c1-23(2,3)18-13-17(14-19(22(18)28)24(4,5)6)20-16-29-21(25-20)15-27-10-8-9-26(7)11-12-27;/h13-14,16,28H,8-12,15H2,1-7H3;1H. The van der Waals surface area contributed by atoms with Crippen molar-refractivity contribution in [2.75, 3.05) is 33.2 Å². The van der Waals surface area contributed by atoms with Gasteiger partial charge in [0.05, 0.1) is 12.2 Å². The van der Waals surface area contributed by atoms with Gasteiger partial charge in [0.25, 0.3) is 0 Å². The number of aromatic hydroxyl groups is 1. The van der Waals surface area contributed by atoms with Crippen LogP contribution in [-0.4, -0.2) is 53.1 Å². The number of likely N-dealkylation sites (N-methyl/N-ethyl adjacent to an activating group) is 1. The predicted octanol–water partition coefficient (Wildman–Crippen LogP) is 5.67. The van der Waals surface area contributed by atoms with Crippen molar-refractivity contribution in [3.63, 3.8) is 0 Å². The van der Waals surface area contributed by atoms with Crippen LogP contribution in [0.2, 0.25) is 0 Å². The van der Waals surface area contributed by atoms with Gasteiger partial charge in [-0.1, -0.05) is 41.5 Å². The second-order valence-electron chi connectivity index (χ2n) is 10.5. The first-order chi connectivity index (χ1) is 13.4. The summed E-state index contributed by atoms with van der Waals surface area (Å²) in [5.74, 6) is 0.429. The summed E-state index contributed by atoms with van der Waals surface area (Å²) in [6, 6.07) is 4.26. The fraction of sp³-hybridized carbons (Fsp3) is 0.625.